The number of halogens is 1. The fraction of sp³-hybridized carbons (Fsp3) is 0.320. The van der Waals surface area contributed by atoms with Gasteiger partial charge < -0.3 is 35.1 Å². The Morgan fingerprint density at radius 2 is 1.83 bits per heavy atom. The molecule has 2 aromatic rings. The van der Waals surface area contributed by atoms with E-state index in [1.807, 2.05) is 0 Å². The van der Waals surface area contributed by atoms with E-state index in [1.54, 1.807) is 38.1 Å². The largest absolute Gasteiger partial charge is 0.490 e. The zero-order valence-electron chi connectivity index (χ0n) is 20.0. The van der Waals surface area contributed by atoms with Crippen molar-refractivity contribution in [2.45, 2.75) is 19.9 Å². The van der Waals surface area contributed by atoms with Gasteiger partial charge in [-0.05, 0) is 44.2 Å². The molecular weight excluding hydrogens is 473 g/mol. The Hall–Kier alpha value is -4.30. The summed E-state index contributed by atoms with van der Waals surface area (Å²) >= 11 is 0. The van der Waals surface area contributed by atoms with Gasteiger partial charge in [-0.25, -0.2) is 14.0 Å². The lowest BCUT2D eigenvalue weighted by molar-refractivity contribution is -0.144. The molecular formula is C25H28FN3O7. The van der Waals surface area contributed by atoms with Crippen LogP contribution in [0.5, 0.6) is 11.5 Å². The highest BCUT2D eigenvalue weighted by Gasteiger charge is 2.27. The van der Waals surface area contributed by atoms with Crippen molar-refractivity contribution in [1.29, 1.82) is 0 Å². The molecule has 2 rings (SSSR count). The molecule has 0 saturated heterocycles. The summed E-state index contributed by atoms with van der Waals surface area (Å²) in [6, 6.07) is 7.43. The maximum Gasteiger partial charge on any atom is 0.436 e. The van der Waals surface area contributed by atoms with E-state index in [9.17, 15) is 9.59 Å². The van der Waals surface area contributed by atoms with E-state index >= 15 is 4.39 Å². The van der Waals surface area contributed by atoms with E-state index in [-0.39, 0.29) is 55.9 Å². The Bertz CT molecular complexity index is 1110. The molecule has 0 fully saturated rings. The van der Waals surface area contributed by atoms with Crippen LogP contribution >= 0.6 is 0 Å². The summed E-state index contributed by atoms with van der Waals surface area (Å²) in [5, 5.41) is 12.0. The molecule has 0 aliphatic rings. The normalized spacial score (nSPS) is 11.7. The third kappa shape index (κ3) is 7.89. The second-order valence-electron chi connectivity index (χ2n) is 6.99. The van der Waals surface area contributed by atoms with Crippen molar-refractivity contribution in [3.8, 4) is 23.8 Å². The van der Waals surface area contributed by atoms with Crippen LogP contribution in [0.15, 0.2) is 41.4 Å². The molecule has 192 valence electrons. The molecule has 1 unspecified atom stereocenters. The molecule has 0 aliphatic heterocycles. The topological polar surface area (TPSA) is 142 Å². The van der Waals surface area contributed by atoms with Crippen molar-refractivity contribution in [2.75, 3.05) is 38.4 Å². The number of anilines is 1. The van der Waals surface area contributed by atoms with Crippen LogP contribution in [0.2, 0.25) is 0 Å². The summed E-state index contributed by atoms with van der Waals surface area (Å²) in [4.78, 5) is 27.9. The van der Waals surface area contributed by atoms with Crippen LogP contribution in [0.4, 0.5) is 14.9 Å². The predicted molar refractivity (Wildman–Crippen MR) is 130 cm³/mol. The highest BCUT2D eigenvalue weighted by Crippen LogP contribution is 2.35. The number of amidine groups is 1. The first-order valence-corrected chi connectivity index (χ1v) is 11.0. The summed E-state index contributed by atoms with van der Waals surface area (Å²) in [5.41, 5.74) is 6.62. The number of carbonyl (C=O) groups excluding carboxylic acids is 2. The summed E-state index contributed by atoms with van der Waals surface area (Å²) in [5.74, 6) is 0.881. The van der Waals surface area contributed by atoms with Crippen LogP contribution in [0.25, 0.3) is 0 Å². The van der Waals surface area contributed by atoms with Crippen LogP contribution in [0, 0.1) is 18.2 Å². The zero-order chi connectivity index (χ0) is 26.5. The number of esters is 1. The average Bonchev–Trinajstić information content (AvgIpc) is 2.86. The molecule has 11 heteroatoms. The standard InChI is InChI=1S/C25H28FN3O7/c1-4-12-36-25(32)29-23(27)16-7-9-17(10-8-16)28-22(24(31)34-6-3)18-14-20(33-5-2)21(15-19(18)26)35-13-11-30/h1,7-10,14-15,22,28,30H,5-6,11-13H2,2-3H3,(H2,27,29,32). The maximum atomic E-state index is 15.1. The van der Waals surface area contributed by atoms with Crippen molar-refractivity contribution in [2.24, 2.45) is 10.7 Å². The first-order chi connectivity index (χ1) is 17.3. The summed E-state index contributed by atoms with van der Waals surface area (Å²) in [6.07, 6.45) is 4.10. The van der Waals surface area contributed by atoms with E-state index < -0.39 is 23.9 Å². The summed E-state index contributed by atoms with van der Waals surface area (Å²) in [6.45, 7) is 3.16. The third-order valence-corrected chi connectivity index (χ3v) is 4.53. The number of ether oxygens (including phenoxy) is 4. The monoisotopic (exact) mass is 501 g/mol. The van der Waals surface area contributed by atoms with Gasteiger partial charge >= 0.3 is 12.1 Å². The van der Waals surface area contributed by atoms with Crippen molar-refractivity contribution in [3.63, 3.8) is 0 Å². The number of aliphatic hydroxyl groups is 1. The number of nitrogens with zero attached hydrogens (tertiary/aromatic N) is 1. The molecule has 36 heavy (non-hydrogen) atoms. The van der Waals surface area contributed by atoms with E-state index in [4.69, 9.17) is 31.5 Å². The number of amides is 1. The van der Waals surface area contributed by atoms with Gasteiger partial charge in [-0.3, -0.25) is 0 Å². The van der Waals surface area contributed by atoms with Crippen LogP contribution < -0.4 is 20.5 Å². The highest BCUT2D eigenvalue weighted by atomic mass is 19.1. The second kappa shape index (κ2) is 14.2. The number of nitrogens with two attached hydrogens (primary N) is 1. The molecule has 0 radical (unpaired) electrons. The van der Waals surface area contributed by atoms with Crippen molar-refractivity contribution >= 4 is 23.6 Å². The van der Waals surface area contributed by atoms with Crippen LogP contribution in [-0.2, 0) is 14.3 Å². The molecule has 0 aromatic heterocycles. The molecule has 1 atom stereocenters. The van der Waals surface area contributed by atoms with Gasteiger partial charge in [0.15, 0.2) is 24.1 Å². The van der Waals surface area contributed by atoms with Gasteiger partial charge in [0, 0.05) is 22.9 Å². The van der Waals surface area contributed by atoms with Gasteiger partial charge in [0.1, 0.15) is 18.3 Å². The van der Waals surface area contributed by atoms with E-state index in [0.29, 0.717) is 11.3 Å². The van der Waals surface area contributed by atoms with Gasteiger partial charge in [0.2, 0.25) is 0 Å². The minimum absolute atomic E-state index is 0.0327. The Morgan fingerprint density at radius 1 is 1.14 bits per heavy atom. The molecule has 0 aliphatic carbocycles. The Labute approximate surface area is 208 Å². The van der Waals surface area contributed by atoms with E-state index in [0.717, 1.165) is 6.07 Å². The predicted octanol–water partition coefficient (Wildman–Crippen LogP) is 2.79. The smallest absolute Gasteiger partial charge is 0.436 e. The first-order valence-electron chi connectivity index (χ1n) is 11.0. The molecule has 4 N–H and O–H groups in total. The van der Waals surface area contributed by atoms with E-state index in [2.05, 4.69) is 21.0 Å². The Morgan fingerprint density at radius 3 is 2.44 bits per heavy atom. The number of terminal acetylenes is 1. The number of aliphatic imine (C=N–C) groups is 1. The molecule has 1 amide bonds. The lowest BCUT2D eigenvalue weighted by Crippen LogP contribution is -2.25. The Balaban J connectivity index is 2.35. The number of nitrogens with one attached hydrogen (secondary N) is 1. The van der Waals surface area contributed by atoms with Crippen LogP contribution in [-0.4, -0.2) is 56.0 Å². The highest BCUT2D eigenvalue weighted by molar-refractivity contribution is 6.03. The average molecular weight is 502 g/mol. The van der Waals surface area contributed by atoms with Gasteiger partial charge in [0.25, 0.3) is 0 Å². The van der Waals surface area contributed by atoms with Crippen LogP contribution in [0.1, 0.15) is 31.0 Å². The summed E-state index contributed by atoms with van der Waals surface area (Å²) in [7, 11) is 0. The number of benzene rings is 2. The lowest BCUT2D eigenvalue weighted by atomic mass is 10.0. The van der Waals surface area contributed by atoms with Gasteiger partial charge in [-0.2, -0.15) is 4.99 Å². The second-order valence-corrected chi connectivity index (χ2v) is 6.99. The Kier molecular flexibility index (Phi) is 11.0. The van der Waals surface area contributed by atoms with Crippen LogP contribution in [0.3, 0.4) is 0 Å². The van der Waals surface area contributed by atoms with Crippen molar-refractivity contribution in [3.05, 3.63) is 53.3 Å². The van der Waals surface area contributed by atoms with E-state index in [1.165, 1.54) is 6.07 Å². The molecule has 2 aromatic carbocycles. The fourth-order valence-corrected chi connectivity index (χ4v) is 3.00. The maximum absolute atomic E-state index is 15.1. The zero-order valence-corrected chi connectivity index (χ0v) is 20.0. The quantitative estimate of drug-likeness (QED) is 0.173. The number of aliphatic hydroxyl groups excluding tert-OH is 1. The van der Waals surface area contributed by atoms with Crippen molar-refractivity contribution in [1.82, 2.24) is 0 Å². The summed E-state index contributed by atoms with van der Waals surface area (Å²) < 4.78 is 35.8. The van der Waals surface area contributed by atoms with Gasteiger partial charge in [0.05, 0.1) is 19.8 Å². The molecule has 0 spiro atoms. The molecule has 10 nitrogen and oxygen atoms in total. The SMILES string of the molecule is C#CCOC(=O)N=C(N)c1ccc(NC(C(=O)OCC)c2cc(OCC)c(OCCO)cc2F)cc1. The van der Waals surface area contributed by atoms with Gasteiger partial charge in [-0.1, -0.05) is 5.92 Å². The number of carbonyl (C=O) groups is 2. The number of hydrogen-bond donors (Lipinski definition) is 3. The molecule has 0 bridgehead atoms. The molecule has 0 heterocycles. The lowest BCUT2D eigenvalue weighted by Gasteiger charge is -2.21. The first kappa shape index (κ1) is 27.9. The van der Waals surface area contributed by atoms with Gasteiger partial charge in [-0.15, -0.1) is 6.42 Å². The van der Waals surface area contributed by atoms with Crippen molar-refractivity contribution < 1.29 is 38.0 Å². The minimum Gasteiger partial charge on any atom is -0.490 e. The fourth-order valence-electron chi connectivity index (χ4n) is 3.00. The minimum atomic E-state index is -1.23. The number of hydrogen-bond acceptors (Lipinski definition) is 8. The molecule has 0 saturated carbocycles. The third-order valence-electron chi connectivity index (χ3n) is 4.53. The number of rotatable bonds is 12.